The van der Waals surface area contributed by atoms with Gasteiger partial charge in [-0.3, -0.25) is 14.8 Å². The fourth-order valence-corrected chi connectivity index (χ4v) is 2.91. The van der Waals surface area contributed by atoms with Crippen molar-refractivity contribution < 1.29 is 13.3 Å². The molecule has 0 fully saturated rings. The number of hydrogen-bond acceptors (Lipinski definition) is 5. The number of sulfonamides is 1. The van der Waals surface area contributed by atoms with Crippen LogP contribution in [0.25, 0.3) is 0 Å². The molecule has 110 valence electrons. The predicted molar refractivity (Wildman–Crippen MR) is 82.5 cm³/mol. The second kappa shape index (κ2) is 5.70. The topological polar surface area (TPSA) is 115 Å². The molecule has 0 aromatic heterocycles. The van der Waals surface area contributed by atoms with E-state index >= 15 is 0 Å². The Morgan fingerprint density at radius 1 is 1.14 bits per heavy atom. The lowest BCUT2D eigenvalue weighted by Crippen LogP contribution is -2.13. The first kappa shape index (κ1) is 15.3. The van der Waals surface area contributed by atoms with Crippen molar-refractivity contribution in [1.29, 1.82) is 0 Å². The van der Waals surface area contributed by atoms with E-state index in [0.29, 0.717) is 0 Å². The summed E-state index contributed by atoms with van der Waals surface area (Å²) in [7, 11) is -3.82. The molecular formula is C12H10BrN3O4S. The Bertz CT molecular complexity index is 791. The third-order valence-corrected chi connectivity index (χ3v) is 4.53. The molecule has 0 aliphatic rings. The van der Waals surface area contributed by atoms with Gasteiger partial charge in [-0.05, 0) is 36.4 Å². The quantitative estimate of drug-likeness (QED) is 0.486. The lowest BCUT2D eigenvalue weighted by Gasteiger charge is -2.08. The van der Waals surface area contributed by atoms with Crippen molar-refractivity contribution >= 4 is 43.0 Å². The molecule has 0 unspecified atom stereocenters. The summed E-state index contributed by atoms with van der Waals surface area (Å²) in [5.74, 6) is 0. The molecule has 0 radical (unpaired) electrons. The molecule has 0 bridgehead atoms. The van der Waals surface area contributed by atoms with Gasteiger partial charge in [0.25, 0.3) is 15.7 Å². The number of nitrogens with two attached hydrogens (primary N) is 1. The Hall–Kier alpha value is -2.13. The molecule has 0 aliphatic carbocycles. The molecule has 0 atom stereocenters. The van der Waals surface area contributed by atoms with E-state index in [1.807, 2.05) is 0 Å². The molecule has 2 aromatic rings. The van der Waals surface area contributed by atoms with Gasteiger partial charge in [0.2, 0.25) is 0 Å². The van der Waals surface area contributed by atoms with Gasteiger partial charge < -0.3 is 5.73 Å². The van der Waals surface area contributed by atoms with Crippen LogP contribution in [0, 0.1) is 10.1 Å². The first-order valence-corrected chi connectivity index (χ1v) is 7.89. The van der Waals surface area contributed by atoms with Crippen LogP contribution in [0.5, 0.6) is 0 Å². The number of nitro groups is 1. The summed E-state index contributed by atoms with van der Waals surface area (Å²) in [6.45, 7) is 0. The molecule has 2 rings (SSSR count). The van der Waals surface area contributed by atoms with Crippen molar-refractivity contribution in [3.05, 3.63) is 57.1 Å². The Morgan fingerprint density at radius 3 is 2.33 bits per heavy atom. The van der Waals surface area contributed by atoms with Gasteiger partial charge in [0.15, 0.2) is 0 Å². The molecule has 7 nitrogen and oxygen atoms in total. The molecule has 3 N–H and O–H groups in total. The number of halogens is 1. The SMILES string of the molecule is Nc1ccc(NS(=O)(=O)c2ccc(Br)cc2)cc1[N+](=O)[O-]. The third-order valence-electron chi connectivity index (χ3n) is 2.60. The Morgan fingerprint density at radius 2 is 1.76 bits per heavy atom. The van der Waals surface area contributed by atoms with E-state index in [-0.39, 0.29) is 22.0 Å². The number of nitrogen functional groups attached to an aromatic ring is 1. The van der Waals surface area contributed by atoms with Crippen LogP contribution >= 0.6 is 15.9 Å². The normalized spacial score (nSPS) is 11.1. The van der Waals surface area contributed by atoms with Crippen LogP contribution in [0.3, 0.4) is 0 Å². The van der Waals surface area contributed by atoms with Gasteiger partial charge in [-0.1, -0.05) is 15.9 Å². The molecule has 9 heteroatoms. The smallest absolute Gasteiger partial charge is 0.294 e. The van der Waals surface area contributed by atoms with Gasteiger partial charge >= 0.3 is 0 Å². The van der Waals surface area contributed by atoms with E-state index in [9.17, 15) is 18.5 Å². The molecule has 0 aliphatic heterocycles. The van der Waals surface area contributed by atoms with Crippen LogP contribution in [0.15, 0.2) is 51.8 Å². The van der Waals surface area contributed by atoms with Crippen molar-refractivity contribution in [3.8, 4) is 0 Å². The van der Waals surface area contributed by atoms with E-state index in [2.05, 4.69) is 20.7 Å². The first-order valence-electron chi connectivity index (χ1n) is 5.62. The molecule has 0 spiro atoms. The monoisotopic (exact) mass is 371 g/mol. The van der Waals surface area contributed by atoms with Crippen molar-refractivity contribution in [3.63, 3.8) is 0 Å². The van der Waals surface area contributed by atoms with Crippen LogP contribution < -0.4 is 10.5 Å². The number of benzene rings is 2. The van der Waals surface area contributed by atoms with Gasteiger partial charge in [-0.2, -0.15) is 0 Å². The zero-order valence-electron chi connectivity index (χ0n) is 10.5. The summed E-state index contributed by atoms with van der Waals surface area (Å²) < 4.78 is 27.3. The third kappa shape index (κ3) is 3.50. The highest BCUT2D eigenvalue weighted by Crippen LogP contribution is 2.26. The fourth-order valence-electron chi connectivity index (χ4n) is 1.59. The lowest BCUT2D eigenvalue weighted by molar-refractivity contribution is -0.383. The zero-order chi connectivity index (χ0) is 15.6. The summed E-state index contributed by atoms with van der Waals surface area (Å²) in [6, 6.07) is 9.71. The average Bonchev–Trinajstić information content (AvgIpc) is 2.41. The first-order chi connectivity index (χ1) is 9.79. The average molecular weight is 372 g/mol. The largest absolute Gasteiger partial charge is 0.393 e. The highest BCUT2D eigenvalue weighted by Gasteiger charge is 2.17. The van der Waals surface area contributed by atoms with Crippen LogP contribution in [-0.2, 0) is 10.0 Å². The van der Waals surface area contributed by atoms with Crippen molar-refractivity contribution in [1.82, 2.24) is 0 Å². The maximum atomic E-state index is 12.2. The van der Waals surface area contributed by atoms with Crippen molar-refractivity contribution in [2.24, 2.45) is 0 Å². The van der Waals surface area contributed by atoms with E-state index in [1.165, 1.54) is 24.3 Å². The second-order valence-corrected chi connectivity index (χ2v) is 6.69. The summed E-state index contributed by atoms with van der Waals surface area (Å²) in [5.41, 5.74) is 5.14. The molecule has 0 saturated carbocycles. The van der Waals surface area contributed by atoms with Gasteiger partial charge in [0, 0.05) is 10.5 Å². The highest BCUT2D eigenvalue weighted by atomic mass is 79.9. The zero-order valence-corrected chi connectivity index (χ0v) is 12.9. The molecule has 0 amide bonds. The van der Waals surface area contributed by atoms with Crippen molar-refractivity contribution in [2.75, 3.05) is 10.5 Å². The number of hydrogen-bond donors (Lipinski definition) is 2. The fraction of sp³-hybridized carbons (Fsp3) is 0. The lowest BCUT2D eigenvalue weighted by atomic mass is 10.2. The van der Waals surface area contributed by atoms with E-state index < -0.39 is 14.9 Å². The van der Waals surface area contributed by atoms with Crippen LogP contribution in [0.1, 0.15) is 0 Å². The predicted octanol–water partition coefficient (Wildman–Crippen LogP) is 2.74. The summed E-state index contributed by atoms with van der Waals surface area (Å²) >= 11 is 3.21. The molecular weight excluding hydrogens is 362 g/mol. The standard InChI is InChI=1S/C12H10BrN3O4S/c13-8-1-4-10(5-2-8)21(19,20)15-9-3-6-11(14)12(7-9)16(17)18/h1-7,15H,14H2. The molecule has 0 saturated heterocycles. The molecule has 2 aromatic carbocycles. The maximum Gasteiger partial charge on any atom is 0.294 e. The van der Waals surface area contributed by atoms with Crippen LogP contribution in [0.2, 0.25) is 0 Å². The number of anilines is 2. The second-order valence-electron chi connectivity index (χ2n) is 4.09. The highest BCUT2D eigenvalue weighted by molar-refractivity contribution is 9.10. The van der Waals surface area contributed by atoms with E-state index in [1.54, 1.807) is 12.1 Å². The summed E-state index contributed by atoms with van der Waals surface area (Å²) in [5, 5.41) is 10.8. The molecule has 21 heavy (non-hydrogen) atoms. The number of nitrogens with zero attached hydrogens (tertiary/aromatic N) is 1. The maximum absolute atomic E-state index is 12.2. The van der Waals surface area contributed by atoms with Gasteiger partial charge in [0.05, 0.1) is 15.5 Å². The minimum atomic E-state index is -3.82. The minimum absolute atomic E-state index is 0.0356. The van der Waals surface area contributed by atoms with E-state index in [4.69, 9.17) is 5.73 Å². The summed E-state index contributed by atoms with van der Waals surface area (Å²) in [4.78, 5) is 10.2. The Kier molecular flexibility index (Phi) is 4.14. The van der Waals surface area contributed by atoms with Crippen molar-refractivity contribution in [2.45, 2.75) is 4.90 Å². The van der Waals surface area contributed by atoms with Gasteiger partial charge in [0.1, 0.15) is 5.69 Å². The van der Waals surface area contributed by atoms with Crippen LogP contribution in [0.4, 0.5) is 17.1 Å². The van der Waals surface area contributed by atoms with Crippen LogP contribution in [-0.4, -0.2) is 13.3 Å². The van der Waals surface area contributed by atoms with Gasteiger partial charge in [-0.15, -0.1) is 0 Å². The van der Waals surface area contributed by atoms with E-state index in [0.717, 1.165) is 10.5 Å². The number of nitrogens with one attached hydrogen (secondary N) is 1. The summed E-state index contributed by atoms with van der Waals surface area (Å²) in [6.07, 6.45) is 0. The van der Waals surface area contributed by atoms with Gasteiger partial charge in [-0.25, -0.2) is 8.42 Å². The Balaban J connectivity index is 2.35. The minimum Gasteiger partial charge on any atom is -0.393 e. The molecule has 0 heterocycles. The number of nitro benzene ring substituents is 1. The Labute approximate surface area is 129 Å². The number of rotatable bonds is 4.